The van der Waals surface area contributed by atoms with Gasteiger partial charge in [-0.25, -0.2) is 9.97 Å². The van der Waals surface area contributed by atoms with Crippen LogP contribution in [0.15, 0.2) is 53.3 Å². The van der Waals surface area contributed by atoms with Crippen molar-refractivity contribution in [2.75, 3.05) is 16.5 Å². The van der Waals surface area contributed by atoms with Crippen LogP contribution in [0, 0.1) is 0 Å². The molecule has 7 nitrogen and oxygen atoms in total. The summed E-state index contributed by atoms with van der Waals surface area (Å²) in [6, 6.07) is 12.2. The van der Waals surface area contributed by atoms with Gasteiger partial charge in [0.2, 0.25) is 0 Å². The summed E-state index contributed by atoms with van der Waals surface area (Å²) in [7, 11) is 0. The van der Waals surface area contributed by atoms with Gasteiger partial charge in [-0.2, -0.15) is 0 Å². The van der Waals surface area contributed by atoms with Crippen molar-refractivity contribution in [1.82, 2.24) is 15.4 Å². The van der Waals surface area contributed by atoms with Gasteiger partial charge in [0, 0.05) is 4.47 Å². The number of halogens is 3. The van der Waals surface area contributed by atoms with Crippen molar-refractivity contribution >= 4 is 68.0 Å². The van der Waals surface area contributed by atoms with Gasteiger partial charge in [0.25, 0.3) is 5.91 Å². The second kappa shape index (κ2) is 8.43. The van der Waals surface area contributed by atoms with E-state index in [2.05, 4.69) is 42.1 Å². The van der Waals surface area contributed by atoms with Crippen LogP contribution in [0.4, 0.5) is 23.0 Å². The summed E-state index contributed by atoms with van der Waals surface area (Å²) in [5.41, 5.74) is 12.5. The van der Waals surface area contributed by atoms with Crippen molar-refractivity contribution in [3.63, 3.8) is 0 Å². The lowest BCUT2D eigenvalue weighted by Gasteiger charge is -2.14. The molecule has 0 saturated carbocycles. The molecule has 27 heavy (non-hydrogen) atoms. The van der Waals surface area contributed by atoms with E-state index < -0.39 is 0 Å². The third-order valence-corrected chi connectivity index (χ3v) is 5.01. The van der Waals surface area contributed by atoms with Crippen molar-refractivity contribution < 1.29 is 4.79 Å². The fraction of sp³-hybridized carbons (Fsp3) is 0. The van der Waals surface area contributed by atoms with Crippen LogP contribution in [0.2, 0.25) is 10.0 Å². The molecular weight excluding hydrogens is 455 g/mol. The number of amides is 1. The van der Waals surface area contributed by atoms with Gasteiger partial charge in [-0.1, -0.05) is 41.4 Å². The zero-order valence-corrected chi connectivity index (χ0v) is 16.7. The third kappa shape index (κ3) is 4.41. The van der Waals surface area contributed by atoms with Gasteiger partial charge in [-0.15, -0.1) is 0 Å². The van der Waals surface area contributed by atoms with Crippen LogP contribution >= 0.6 is 39.1 Å². The highest BCUT2D eigenvalue weighted by molar-refractivity contribution is 9.10. The van der Waals surface area contributed by atoms with Crippen LogP contribution in [-0.2, 0) is 0 Å². The number of carbonyl (C=O) groups excluding carboxylic acids is 1. The van der Waals surface area contributed by atoms with Crippen LogP contribution in [0.3, 0.4) is 0 Å². The third-order valence-electron chi connectivity index (χ3n) is 3.50. The van der Waals surface area contributed by atoms with E-state index in [0.29, 0.717) is 31.6 Å². The Hall–Kier alpha value is -2.55. The minimum absolute atomic E-state index is 0.195. The van der Waals surface area contributed by atoms with Crippen LogP contribution in [0.5, 0.6) is 0 Å². The normalized spacial score (nSPS) is 10.3. The summed E-state index contributed by atoms with van der Waals surface area (Å²) in [5, 5.41) is 3.74. The number of benzene rings is 2. The number of nitrogen functional groups attached to an aromatic ring is 1. The van der Waals surface area contributed by atoms with Crippen LogP contribution in [0.25, 0.3) is 0 Å². The van der Waals surface area contributed by atoms with Crippen molar-refractivity contribution in [3.8, 4) is 0 Å². The standard InChI is InChI=1S/C17H13BrCl2N6O/c18-10-5-2-1-4-9(10)17(27)26-25-16-14(21)15(22-8-23-16)24-12-7-3-6-11(19)13(12)20/h1-8H,21H2,(H,26,27)(H2,22,23,24,25). The van der Waals surface area contributed by atoms with Crippen molar-refractivity contribution in [3.05, 3.63) is 68.9 Å². The number of nitrogens with one attached hydrogen (secondary N) is 3. The predicted molar refractivity (Wildman–Crippen MR) is 111 cm³/mol. The highest BCUT2D eigenvalue weighted by Gasteiger charge is 2.13. The van der Waals surface area contributed by atoms with Crippen LogP contribution in [-0.4, -0.2) is 15.9 Å². The smallest absolute Gasteiger partial charge is 0.270 e. The summed E-state index contributed by atoms with van der Waals surface area (Å²) in [6.07, 6.45) is 1.30. The first kappa shape index (κ1) is 19.2. The molecule has 0 bridgehead atoms. The molecule has 0 aliphatic rings. The minimum Gasteiger partial charge on any atom is -0.393 e. The lowest BCUT2D eigenvalue weighted by atomic mass is 10.2. The number of carbonyl (C=O) groups is 1. The Kier molecular flexibility index (Phi) is 6.00. The van der Waals surface area contributed by atoms with Gasteiger partial charge >= 0.3 is 0 Å². The summed E-state index contributed by atoms with van der Waals surface area (Å²) in [6.45, 7) is 0. The van der Waals surface area contributed by atoms with Gasteiger partial charge in [0.05, 0.1) is 21.3 Å². The predicted octanol–water partition coefficient (Wildman–Crippen LogP) is 4.63. The first-order valence-electron chi connectivity index (χ1n) is 7.59. The Morgan fingerprint density at radius 3 is 2.56 bits per heavy atom. The lowest BCUT2D eigenvalue weighted by Crippen LogP contribution is -2.30. The van der Waals surface area contributed by atoms with E-state index >= 15 is 0 Å². The van der Waals surface area contributed by atoms with E-state index in [1.165, 1.54) is 6.33 Å². The summed E-state index contributed by atoms with van der Waals surface area (Å²) in [4.78, 5) is 20.4. The van der Waals surface area contributed by atoms with Crippen LogP contribution in [0.1, 0.15) is 10.4 Å². The number of nitrogens with two attached hydrogens (primary N) is 1. The second-order valence-corrected chi connectivity index (χ2v) is 6.91. The molecule has 1 aromatic heterocycles. The van der Waals surface area contributed by atoms with E-state index in [1.807, 2.05) is 6.07 Å². The fourth-order valence-electron chi connectivity index (χ4n) is 2.15. The van der Waals surface area contributed by atoms with E-state index in [4.69, 9.17) is 28.9 Å². The molecule has 138 valence electrons. The van der Waals surface area contributed by atoms with Gasteiger partial charge in [-0.05, 0) is 40.2 Å². The maximum atomic E-state index is 12.3. The monoisotopic (exact) mass is 466 g/mol. The topological polar surface area (TPSA) is 105 Å². The first-order chi connectivity index (χ1) is 13.0. The Morgan fingerprint density at radius 1 is 1.04 bits per heavy atom. The zero-order chi connectivity index (χ0) is 19.4. The molecule has 0 aliphatic heterocycles. The molecule has 2 aromatic carbocycles. The molecule has 0 radical (unpaired) electrons. The number of hydrazine groups is 1. The number of aromatic nitrogens is 2. The Bertz CT molecular complexity index is 1000. The summed E-state index contributed by atoms with van der Waals surface area (Å²) < 4.78 is 0.665. The molecule has 3 rings (SSSR count). The number of anilines is 4. The number of hydrogen-bond acceptors (Lipinski definition) is 6. The molecule has 0 fully saturated rings. The van der Waals surface area contributed by atoms with Crippen molar-refractivity contribution in [2.24, 2.45) is 0 Å². The van der Waals surface area contributed by atoms with Crippen LogP contribution < -0.4 is 21.9 Å². The van der Waals surface area contributed by atoms with Gasteiger partial charge in [0.1, 0.15) is 12.0 Å². The number of hydrogen-bond donors (Lipinski definition) is 4. The van der Waals surface area contributed by atoms with Gasteiger partial charge in [-0.3, -0.25) is 15.6 Å². The molecule has 0 unspecified atom stereocenters. The minimum atomic E-state index is -0.354. The average molecular weight is 468 g/mol. The second-order valence-electron chi connectivity index (χ2n) is 5.27. The lowest BCUT2D eigenvalue weighted by molar-refractivity contribution is 0.0962. The SMILES string of the molecule is Nc1c(NNC(=O)c2ccccc2Br)ncnc1Nc1cccc(Cl)c1Cl. The molecule has 3 aromatic rings. The number of nitrogens with zero attached hydrogens (tertiary/aromatic N) is 2. The highest BCUT2D eigenvalue weighted by atomic mass is 79.9. The first-order valence-corrected chi connectivity index (χ1v) is 9.14. The number of rotatable bonds is 5. The van der Waals surface area contributed by atoms with E-state index in [9.17, 15) is 4.79 Å². The molecule has 10 heteroatoms. The van der Waals surface area contributed by atoms with E-state index in [-0.39, 0.29) is 17.4 Å². The molecule has 0 saturated heterocycles. The molecule has 0 spiro atoms. The molecule has 5 N–H and O–H groups in total. The molecular formula is C17H13BrCl2N6O. The molecule has 0 atom stereocenters. The summed E-state index contributed by atoms with van der Waals surface area (Å²) in [5.74, 6) is 0.186. The Morgan fingerprint density at radius 2 is 1.78 bits per heavy atom. The average Bonchev–Trinajstić information content (AvgIpc) is 2.66. The van der Waals surface area contributed by atoms with E-state index in [0.717, 1.165) is 0 Å². The molecule has 1 heterocycles. The zero-order valence-electron chi connectivity index (χ0n) is 13.6. The van der Waals surface area contributed by atoms with Gasteiger partial charge < -0.3 is 11.1 Å². The Labute approximate surface area is 173 Å². The fourth-order valence-corrected chi connectivity index (χ4v) is 2.96. The van der Waals surface area contributed by atoms with Gasteiger partial charge in [0.15, 0.2) is 11.6 Å². The van der Waals surface area contributed by atoms with E-state index in [1.54, 1.807) is 36.4 Å². The maximum absolute atomic E-state index is 12.3. The van der Waals surface area contributed by atoms with Crippen molar-refractivity contribution in [1.29, 1.82) is 0 Å². The maximum Gasteiger partial charge on any atom is 0.270 e. The quantitative estimate of drug-likeness (QED) is 0.408. The molecule has 1 amide bonds. The van der Waals surface area contributed by atoms with Crippen molar-refractivity contribution in [2.45, 2.75) is 0 Å². The molecule has 0 aliphatic carbocycles. The Balaban J connectivity index is 1.76. The summed E-state index contributed by atoms with van der Waals surface area (Å²) >= 11 is 15.5. The highest BCUT2D eigenvalue weighted by Crippen LogP contribution is 2.33. The largest absolute Gasteiger partial charge is 0.393 e.